The van der Waals surface area contributed by atoms with E-state index >= 15 is 0 Å². The molecule has 2 aliphatic rings. The van der Waals surface area contributed by atoms with Gasteiger partial charge in [0.05, 0.1) is 17.4 Å². The van der Waals surface area contributed by atoms with E-state index in [4.69, 9.17) is 4.74 Å². The zero-order valence-corrected chi connectivity index (χ0v) is 16.5. The molecule has 1 amide bonds. The van der Waals surface area contributed by atoms with E-state index < -0.39 is 0 Å². The van der Waals surface area contributed by atoms with E-state index in [0.717, 1.165) is 23.9 Å². The molecule has 2 unspecified atom stereocenters. The fourth-order valence-corrected chi connectivity index (χ4v) is 5.51. The van der Waals surface area contributed by atoms with Crippen LogP contribution in [0.1, 0.15) is 41.8 Å². The van der Waals surface area contributed by atoms with Gasteiger partial charge in [0.1, 0.15) is 5.60 Å². The molecule has 1 aromatic heterocycles. The van der Waals surface area contributed by atoms with Crippen molar-refractivity contribution in [2.45, 2.75) is 38.3 Å². The number of piperidine rings is 1. The molecule has 0 radical (unpaired) electrons. The van der Waals surface area contributed by atoms with E-state index in [1.54, 1.807) is 6.33 Å². The average molecular weight is 375 g/mol. The van der Waals surface area contributed by atoms with Crippen LogP contribution in [0.25, 0.3) is 11.0 Å². The number of ether oxygens (including phenoxy) is 1. The van der Waals surface area contributed by atoms with Crippen LogP contribution in [0.15, 0.2) is 48.8 Å². The molecule has 144 valence electrons. The number of likely N-dealkylation sites (tertiary alicyclic amines) is 1. The van der Waals surface area contributed by atoms with Crippen LogP contribution in [-0.2, 0) is 16.8 Å². The Morgan fingerprint density at radius 3 is 2.89 bits per heavy atom. The van der Waals surface area contributed by atoms with Gasteiger partial charge < -0.3 is 14.6 Å². The molecule has 1 N–H and O–H groups in total. The molecule has 5 rings (SSSR count). The Morgan fingerprint density at radius 1 is 1.25 bits per heavy atom. The summed E-state index contributed by atoms with van der Waals surface area (Å²) in [6.45, 7) is 5.18. The quantitative estimate of drug-likeness (QED) is 0.739. The monoisotopic (exact) mass is 375 g/mol. The lowest BCUT2D eigenvalue weighted by molar-refractivity contribution is -0.175. The maximum Gasteiger partial charge on any atom is 0.254 e. The minimum atomic E-state index is -0.364. The van der Waals surface area contributed by atoms with E-state index in [-0.39, 0.29) is 23.0 Å². The van der Waals surface area contributed by atoms with Crippen molar-refractivity contribution in [3.63, 3.8) is 0 Å². The van der Waals surface area contributed by atoms with Crippen molar-refractivity contribution in [3.8, 4) is 0 Å². The predicted molar refractivity (Wildman–Crippen MR) is 108 cm³/mol. The number of benzene rings is 2. The summed E-state index contributed by atoms with van der Waals surface area (Å²) in [4.78, 5) is 22.9. The molecule has 1 saturated heterocycles. The molecular weight excluding hydrogens is 350 g/mol. The molecule has 5 nitrogen and oxygen atoms in total. The third kappa shape index (κ3) is 2.17. The molecule has 0 saturated carbocycles. The van der Waals surface area contributed by atoms with Gasteiger partial charge in [-0.25, -0.2) is 4.98 Å². The van der Waals surface area contributed by atoms with Gasteiger partial charge in [0.2, 0.25) is 0 Å². The lowest BCUT2D eigenvalue weighted by atomic mass is 9.56. The first kappa shape index (κ1) is 17.4. The number of carbonyl (C=O) groups is 1. The molecule has 1 aliphatic carbocycles. The Bertz CT molecular complexity index is 1070. The average Bonchev–Trinajstić information content (AvgIpc) is 3.16. The number of H-pyrrole nitrogens is 1. The molecule has 0 spiro atoms. The summed E-state index contributed by atoms with van der Waals surface area (Å²) in [5, 5.41) is 0. The van der Waals surface area contributed by atoms with Gasteiger partial charge in [-0.05, 0) is 42.2 Å². The molecule has 1 fully saturated rings. The van der Waals surface area contributed by atoms with E-state index in [1.165, 1.54) is 11.1 Å². The van der Waals surface area contributed by atoms with Crippen molar-refractivity contribution in [1.82, 2.24) is 14.9 Å². The Labute approximate surface area is 164 Å². The number of hydrogen-bond acceptors (Lipinski definition) is 3. The van der Waals surface area contributed by atoms with E-state index in [2.05, 4.69) is 53.0 Å². The van der Waals surface area contributed by atoms with E-state index in [1.807, 2.05) is 25.3 Å². The predicted octanol–water partition coefficient (Wildman–Crippen LogP) is 3.90. The van der Waals surface area contributed by atoms with Gasteiger partial charge in [-0.15, -0.1) is 0 Å². The maximum atomic E-state index is 13.5. The van der Waals surface area contributed by atoms with Crippen LogP contribution in [-0.4, -0.2) is 40.5 Å². The molecule has 2 atom stereocenters. The number of nitrogens with zero attached hydrogens (tertiary/aromatic N) is 2. The lowest BCUT2D eigenvalue weighted by Crippen LogP contribution is -2.66. The highest BCUT2D eigenvalue weighted by Gasteiger charge is 2.59. The van der Waals surface area contributed by atoms with Gasteiger partial charge in [-0.2, -0.15) is 0 Å². The van der Waals surface area contributed by atoms with E-state index in [9.17, 15) is 4.79 Å². The first-order chi connectivity index (χ1) is 13.5. The van der Waals surface area contributed by atoms with Crippen LogP contribution in [0.2, 0.25) is 0 Å². The molecule has 3 aromatic rings. The first-order valence-electron chi connectivity index (χ1n) is 9.85. The summed E-state index contributed by atoms with van der Waals surface area (Å²) in [6.07, 6.45) is 3.31. The van der Waals surface area contributed by atoms with Crippen LogP contribution in [0, 0.1) is 5.41 Å². The Kier molecular flexibility index (Phi) is 3.68. The van der Waals surface area contributed by atoms with Crippen molar-refractivity contribution in [2.75, 3.05) is 13.7 Å². The van der Waals surface area contributed by atoms with Gasteiger partial charge in [0.25, 0.3) is 5.91 Å². The van der Waals surface area contributed by atoms with Crippen molar-refractivity contribution < 1.29 is 9.53 Å². The van der Waals surface area contributed by atoms with Gasteiger partial charge in [0.15, 0.2) is 0 Å². The van der Waals surface area contributed by atoms with Gasteiger partial charge >= 0.3 is 0 Å². The zero-order valence-electron chi connectivity index (χ0n) is 16.5. The summed E-state index contributed by atoms with van der Waals surface area (Å²) in [6, 6.07) is 14.3. The van der Waals surface area contributed by atoms with Crippen molar-refractivity contribution in [3.05, 3.63) is 65.5 Å². The third-order valence-corrected chi connectivity index (χ3v) is 7.10. The summed E-state index contributed by atoms with van der Waals surface area (Å²) in [5.74, 6) is 0.0821. The number of methoxy groups -OCH3 is 1. The van der Waals surface area contributed by atoms with Gasteiger partial charge in [-0.3, -0.25) is 4.79 Å². The number of imidazole rings is 1. The van der Waals surface area contributed by atoms with Crippen LogP contribution >= 0.6 is 0 Å². The second kappa shape index (κ2) is 5.92. The van der Waals surface area contributed by atoms with Crippen molar-refractivity contribution >= 4 is 16.9 Å². The summed E-state index contributed by atoms with van der Waals surface area (Å²) in [5.41, 5.74) is 4.48. The second-order valence-corrected chi connectivity index (χ2v) is 8.51. The number of carbonyl (C=O) groups excluding carboxylic acids is 1. The molecule has 2 bridgehead atoms. The van der Waals surface area contributed by atoms with Crippen LogP contribution in [0.3, 0.4) is 0 Å². The molecule has 5 heteroatoms. The van der Waals surface area contributed by atoms with Crippen LogP contribution in [0.5, 0.6) is 0 Å². The van der Waals surface area contributed by atoms with Gasteiger partial charge in [0, 0.05) is 30.7 Å². The smallest absolute Gasteiger partial charge is 0.254 e. The van der Waals surface area contributed by atoms with Gasteiger partial charge in [-0.1, -0.05) is 38.1 Å². The molecule has 2 aromatic carbocycles. The topological polar surface area (TPSA) is 58.2 Å². The maximum absolute atomic E-state index is 13.5. The number of amides is 1. The lowest BCUT2D eigenvalue weighted by Gasteiger charge is -2.60. The molecule has 1 aliphatic heterocycles. The normalized spacial score (nSPS) is 25.5. The third-order valence-electron chi connectivity index (χ3n) is 7.10. The SMILES string of the molecule is COC12CCN(C(=O)c3ccc4nc[nH]c4c3)C(Cc3ccccc31)C2(C)C. The van der Waals surface area contributed by atoms with Crippen molar-refractivity contribution in [2.24, 2.45) is 5.41 Å². The zero-order chi connectivity index (χ0) is 19.5. The number of aromatic nitrogens is 2. The Morgan fingerprint density at radius 2 is 2.07 bits per heavy atom. The molecule has 2 heterocycles. The Hall–Kier alpha value is -2.66. The largest absolute Gasteiger partial charge is 0.373 e. The number of rotatable bonds is 2. The number of nitrogens with one attached hydrogen (secondary N) is 1. The highest BCUT2D eigenvalue weighted by molar-refractivity contribution is 5.97. The highest BCUT2D eigenvalue weighted by Crippen LogP contribution is 2.56. The molecular formula is C23H25N3O2. The summed E-state index contributed by atoms with van der Waals surface area (Å²) < 4.78 is 6.22. The standard InChI is InChI=1S/C23H25N3O2/c1-22(2)20-13-15-6-4-5-7-17(15)23(22,28-3)10-11-26(20)21(27)16-8-9-18-19(12-16)25-14-24-18/h4-9,12,14,20H,10-11,13H2,1-3H3,(H,24,25). The number of aromatic amines is 1. The first-order valence-corrected chi connectivity index (χ1v) is 9.85. The van der Waals surface area contributed by atoms with Crippen molar-refractivity contribution in [1.29, 1.82) is 0 Å². The highest BCUT2D eigenvalue weighted by atomic mass is 16.5. The minimum Gasteiger partial charge on any atom is -0.373 e. The minimum absolute atomic E-state index is 0.0821. The second-order valence-electron chi connectivity index (χ2n) is 8.51. The summed E-state index contributed by atoms with van der Waals surface area (Å²) >= 11 is 0. The Balaban J connectivity index is 1.58. The number of hydrogen-bond donors (Lipinski definition) is 1. The fraction of sp³-hybridized carbons (Fsp3) is 0.391. The summed E-state index contributed by atoms with van der Waals surface area (Å²) in [7, 11) is 1.81. The van der Waals surface area contributed by atoms with Crippen LogP contribution < -0.4 is 0 Å². The fourth-order valence-electron chi connectivity index (χ4n) is 5.51. The van der Waals surface area contributed by atoms with Crippen LogP contribution in [0.4, 0.5) is 0 Å². The number of fused-ring (bicyclic) bond motifs is 5. The molecule has 28 heavy (non-hydrogen) atoms. The van der Waals surface area contributed by atoms with E-state index in [0.29, 0.717) is 12.1 Å².